The predicted molar refractivity (Wildman–Crippen MR) is 188 cm³/mol. The Morgan fingerprint density at radius 1 is 0.565 bits per heavy atom. The van der Waals surface area contributed by atoms with Crippen molar-refractivity contribution in [2.24, 2.45) is 11.3 Å². The molecule has 0 radical (unpaired) electrons. The van der Waals surface area contributed by atoms with Gasteiger partial charge in [0.2, 0.25) is 0 Å². The van der Waals surface area contributed by atoms with E-state index in [2.05, 4.69) is 116 Å². The molecule has 9 rings (SSSR count). The molecule has 5 aromatic carbocycles. The zero-order valence-corrected chi connectivity index (χ0v) is 25.3. The Bertz CT molecular complexity index is 2450. The molecule has 2 atom stereocenters. The summed E-state index contributed by atoms with van der Waals surface area (Å²) in [4.78, 5) is 15.1. The highest BCUT2D eigenvalue weighted by Gasteiger charge is 2.33. The summed E-state index contributed by atoms with van der Waals surface area (Å²) in [5.41, 5.74) is 6.93. The molecule has 0 amide bonds. The Hall–Kier alpha value is -5.87. The van der Waals surface area contributed by atoms with Crippen LogP contribution in [0.25, 0.3) is 66.6 Å². The van der Waals surface area contributed by atoms with E-state index in [1.807, 2.05) is 42.5 Å². The van der Waals surface area contributed by atoms with E-state index >= 15 is 0 Å². The van der Waals surface area contributed by atoms with Gasteiger partial charge in [0.25, 0.3) is 0 Å². The van der Waals surface area contributed by atoms with E-state index < -0.39 is 0 Å². The first-order valence-corrected chi connectivity index (χ1v) is 15.7. The lowest BCUT2D eigenvalue weighted by Crippen LogP contribution is -2.25. The van der Waals surface area contributed by atoms with Crippen LogP contribution in [0.2, 0.25) is 0 Å². The van der Waals surface area contributed by atoms with Gasteiger partial charge in [-0.2, -0.15) is 0 Å². The Kier molecular flexibility index (Phi) is 5.97. The van der Waals surface area contributed by atoms with Crippen molar-refractivity contribution in [1.82, 2.24) is 15.0 Å². The maximum absolute atomic E-state index is 6.21. The van der Waals surface area contributed by atoms with E-state index in [-0.39, 0.29) is 11.3 Å². The topological polar surface area (TPSA) is 51.8 Å². The highest BCUT2D eigenvalue weighted by atomic mass is 16.3. The zero-order chi connectivity index (χ0) is 30.7. The third-order valence-electron chi connectivity index (χ3n) is 9.33. The number of hydrogen-bond donors (Lipinski definition) is 0. The fraction of sp³-hybridized carbons (Fsp3) is 0.0714. The molecule has 2 heterocycles. The van der Waals surface area contributed by atoms with Gasteiger partial charge in [-0.05, 0) is 40.1 Å². The van der Waals surface area contributed by atoms with E-state index in [0.29, 0.717) is 17.5 Å². The Labute approximate surface area is 266 Å². The molecule has 0 bridgehead atoms. The van der Waals surface area contributed by atoms with E-state index in [4.69, 9.17) is 19.4 Å². The maximum Gasteiger partial charge on any atom is 0.164 e. The molecule has 2 unspecified atom stereocenters. The van der Waals surface area contributed by atoms with Gasteiger partial charge in [0.1, 0.15) is 11.2 Å². The fourth-order valence-electron chi connectivity index (χ4n) is 6.74. The lowest BCUT2D eigenvalue weighted by molar-refractivity contribution is 0.455. The van der Waals surface area contributed by atoms with Crippen LogP contribution in [0.3, 0.4) is 0 Å². The first-order valence-electron chi connectivity index (χ1n) is 15.7. The molecule has 2 aliphatic rings. The minimum Gasteiger partial charge on any atom is -0.456 e. The monoisotopic (exact) mass is 591 g/mol. The average Bonchev–Trinajstić information content (AvgIpc) is 3.50. The zero-order valence-electron chi connectivity index (χ0n) is 25.3. The quantitative estimate of drug-likeness (QED) is 0.204. The van der Waals surface area contributed by atoms with E-state index in [0.717, 1.165) is 44.0 Å². The molecule has 2 aromatic heterocycles. The number of furan rings is 1. The van der Waals surface area contributed by atoms with Crippen LogP contribution >= 0.6 is 0 Å². The number of fused-ring (bicyclic) bond motifs is 5. The van der Waals surface area contributed by atoms with Crippen LogP contribution in [-0.4, -0.2) is 15.0 Å². The summed E-state index contributed by atoms with van der Waals surface area (Å²) in [6, 6.07) is 39.5. The van der Waals surface area contributed by atoms with Gasteiger partial charge in [-0.25, -0.2) is 15.0 Å². The first kappa shape index (κ1) is 26.5. The summed E-state index contributed by atoms with van der Waals surface area (Å²) >= 11 is 0. The molecule has 0 spiro atoms. The van der Waals surface area contributed by atoms with E-state index in [1.54, 1.807) is 0 Å². The summed E-state index contributed by atoms with van der Waals surface area (Å²) in [7, 11) is 0. The standard InChI is InChI=1S/C42H29N3O/c1-42-22-20-30(34-15-9-17-37-38(34)35-14-7-8-16-36(35)46-37)25-33(42)26-32(21-23-42)41-44-39(28-11-3-2-4-12-28)43-40(45-41)31-19-18-27-10-5-6-13-29(27)24-31/h2-26,33H,1H3. The van der Waals surface area contributed by atoms with E-state index in [9.17, 15) is 0 Å². The molecule has 7 aromatic rings. The fourth-order valence-corrected chi connectivity index (χ4v) is 6.74. The molecule has 0 aliphatic heterocycles. The van der Waals surface area contributed by atoms with E-state index in [1.165, 1.54) is 16.5 Å². The van der Waals surface area contributed by atoms with Gasteiger partial charge < -0.3 is 4.42 Å². The SMILES string of the molecule is CC12C=CC(c3nc(-c4ccccc4)nc(-c4ccc5ccccc5c4)n3)=CC1C=C(c1cccc3oc4ccccc4c13)C=C2. The van der Waals surface area contributed by atoms with Crippen molar-refractivity contribution in [3.8, 4) is 22.8 Å². The average molecular weight is 592 g/mol. The lowest BCUT2D eigenvalue weighted by Gasteiger charge is -2.35. The molecule has 0 N–H and O–H groups in total. The number of hydrogen-bond acceptors (Lipinski definition) is 4. The highest BCUT2D eigenvalue weighted by molar-refractivity contribution is 6.11. The van der Waals surface area contributed by atoms with Crippen LogP contribution in [-0.2, 0) is 0 Å². The smallest absolute Gasteiger partial charge is 0.164 e. The first-order chi connectivity index (χ1) is 22.6. The summed E-state index contributed by atoms with van der Waals surface area (Å²) in [6.45, 7) is 2.28. The Balaban J connectivity index is 1.17. The summed E-state index contributed by atoms with van der Waals surface area (Å²) in [5.74, 6) is 2.11. The molecular formula is C42H29N3O. The number of benzene rings is 5. The number of nitrogens with zero attached hydrogens (tertiary/aromatic N) is 3. The molecule has 4 heteroatoms. The molecule has 4 nitrogen and oxygen atoms in total. The van der Waals surface area contributed by atoms with Crippen LogP contribution in [0.15, 0.2) is 156 Å². The second-order valence-corrected chi connectivity index (χ2v) is 12.3. The van der Waals surface area contributed by atoms with Crippen molar-refractivity contribution >= 4 is 43.9 Å². The van der Waals surface area contributed by atoms with Crippen LogP contribution in [0.1, 0.15) is 18.3 Å². The van der Waals surface area contributed by atoms with Crippen molar-refractivity contribution in [2.45, 2.75) is 6.92 Å². The molecular weight excluding hydrogens is 562 g/mol. The van der Waals surface area contributed by atoms with Crippen molar-refractivity contribution in [3.63, 3.8) is 0 Å². The van der Waals surface area contributed by atoms with Gasteiger partial charge in [0.05, 0.1) is 0 Å². The Morgan fingerprint density at radius 2 is 1.24 bits per heavy atom. The van der Waals surface area contributed by atoms with Gasteiger partial charge in [-0.15, -0.1) is 0 Å². The predicted octanol–water partition coefficient (Wildman–Crippen LogP) is 10.5. The summed E-state index contributed by atoms with van der Waals surface area (Å²) < 4.78 is 6.21. The molecule has 46 heavy (non-hydrogen) atoms. The largest absolute Gasteiger partial charge is 0.456 e. The van der Waals surface area contributed by atoms with Crippen molar-refractivity contribution in [3.05, 3.63) is 163 Å². The highest BCUT2D eigenvalue weighted by Crippen LogP contribution is 2.45. The normalized spacial score (nSPS) is 18.9. The van der Waals surface area contributed by atoms with Gasteiger partial charge in [-0.3, -0.25) is 0 Å². The number of para-hydroxylation sites is 1. The van der Waals surface area contributed by atoms with Crippen LogP contribution in [0.4, 0.5) is 0 Å². The van der Waals surface area contributed by atoms with Crippen molar-refractivity contribution in [1.29, 1.82) is 0 Å². The molecule has 0 fully saturated rings. The van der Waals surface area contributed by atoms with Crippen LogP contribution < -0.4 is 0 Å². The Morgan fingerprint density at radius 3 is 2.11 bits per heavy atom. The third-order valence-corrected chi connectivity index (χ3v) is 9.33. The van der Waals surface area contributed by atoms with Gasteiger partial charge >= 0.3 is 0 Å². The van der Waals surface area contributed by atoms with Crippen LogP contribution in [0, 0.1) is 11.3 Å². The number of aromatic nitrogens is 3. The maximum atomic E-state index is 6.21. The lowest BCUT2D eigenvalue weighted by atomic mass is 9.69. The van der Waals surface area contributed by atoms with Crippen molar-refractivity contribution in [2.75, 3.05) is 0 Å². The van der Waals surface area contributed by atoms with Gasteiger partial charge in [0, 0.05) is 38.8 Å². The van der Waals surface area contributed by atoms with Gasteiger partial charge in [-0.1, -0.05) is 140 Å². The minimum absolute atomic E-state index is 0.113. The van der Waals surface area contributed by atoms with Crippen molar-refractivity contribution < 1.29 is 4.42 Å². The summed E-state index contributed by atoms with van der Waals surface area (Å²) in [6.07, 6.45) is 13.7. The second kappa shape index (κ2) is 10.4. The second-order valence-electron chi connectivity index (χ2n) is 12.3. The molecule has 0 saturated heterocycles. The molecule has 0 saturated carbocycles. The van der Waals surface area contributed by atoms with Crippen LogP contribution in [0.5, 0.6) is 0 Å². The summed E-state index contributed by atoms with van der Waals surface area (Å²) in [5, 5.41) is 4.63. The molecule has 218 valence electrons. The minimum atomic E-state index is -0.157. The molecule has 2 aliphatic carbocycles. The number of rotatable bonds is 4. The number of allylic oxidation sites excluding steroid dienone is 8. The van der Waals surface area contributed by atoms with Gasteiger partial charge in [0.15, 0.2) is 17.5 Å². The third kappa shape index (κ3) is 4.41.